The predicted molar refractivity (Wildman–Crippen MR) is 152 cm³/mol. The first kappa shape index (κ1) is 31.7. The number of esters is 1. The van der Waals surface area contributed by atoms with Crippen LogP contribution in [0.15, 0.2) is 89.4 Å². The summed E-state index contributed by atoms with van der Waals surface area (Å²) in [5, 5.41) is 8.52. The Balaban J connectivity index is 1.82. The van der Waals surface area contributed by atoms with Crippen LogP contribution in [0.4, 0.5) is 13.2 Å². The fourth-order valence-corrected chi connectivity index (χ4v) is 3.77. The van der Waals surface area contributed by atoms with Gasteiger partial charge in [0.1, 0.15) is 41.7 Å². The number of oxime groups is 2. The van der Waals surface area contributed by atoms with Crippen LogP contribution in [0.1, 0.15) is 42.5 Å². The van der Waals surface area contributed by atoms with Crippen LogP contribution in [0.25, 0.3) is 5.57 Å². The number of hydrogen-bond donors (Lipinski definition) is 0. The molecule has 3 rings (SSSR count). The molecule has 0 bridgehead atoms. The van der Waals surface area contributed by atoms with Gasteiger partial charge in [0.05, 0.1) is 26.0 Å². The van der Waals surface area contributed by atoms with Crippen LogP contribution >= 0.6 is 0 Å². The molecule has 3 aromatic carbocycles. The van der Waals surface area contributed by atoms with E-state index in [0.29, 0.717) is 46.9 Å². The summed E-state index contributed by atoms with van der Waals surface area (Å²) in [6.07, 6.45) is -2.73. The SMILES string of the molecule is CCO/N=C(/C(CC)=N/OCc1ccccc1/C(=C\OC)C(=O)OC)c1ccc(Oc2cccc(C(F)(F)F)c2)cc1. The van der Waals surface area contributed by atoms with Crippen LogP contribution in [0.2, 0.25) is 0 Å². The van der Waals surface area contributed by atoms with E-state index in [1.807, 2.05) is 6.92 Å². The van der Waals surface area contributed by atoms with Crippen molar-refractivity contribution in [3.63, 3.8) is 0 Å². The van der Waals surface area contributed by atoms with Crippen molar-refractivity contribution in [1.29, 1.82) is 0 Å². The molecule has 0 amide bonds. The van der Waals surface area contributed by atoms with E-state index >= 15 is 0 Å². The molecule has 0 fully saturated rings. The van der Waals surface area contributed by atoms with Crippen molar-refractivity contribution in [3.8, 4) is 11.5 Å². The van der Waals surface area contributed by atoms with Gasteiger partial charge in [0.15, 0.2) is 0 Å². The second-order valence-corrected chi connectivity index (χ2v) is 8.59. The van der Waals surface area contributed by atoms with E-state index in [1.54, 1.807) is 55.5 Å². The van der Waals surface area contributed by atoms with E-state index < -0.39 is 17.7 Å². The van der Waals surface area contributed by atoms with Gasteiger partial charge in [-0.25, -0.2) is 4.79 Å². The molecule has 0 N–H and O–H groups in total. The Morgan fingerprint density at radius 2 is 1.62 bits per heavy atom. The molecule has 0 aliphatic heterocycles. The highest BCUT2D eigenvalue weighted by Gasteiger charge is 2.30. The summed E-state index contributed by atoms with van der Waals surface area (Å²) in [5.74, 6) is -0.170. The number of rotatable bonds is 13. The first-order valence-electron chi connectivity index (χ1n) is 13.0. The second kappa shape index (κ2) is 15.3. The average molecular weight is 585 g/mol. The lowest BCUT2D eigenvalue weighted by Gasteiger charge is -2.13. The Labute approximate surface area is 242 Å². The van der Waals surface area contributed by atoms with E-state index in [9.17, 15) is 18.0 Å². The van der Waals surface area contributed by atoms with E-state index in [4.69, 9.17) is 23.9 Å². The average Bonchev–Trinajstić information content (AvgIpc) is 2.99. The standard InChI is InChI=1S/C31H31F3N2O6/c1-5-28(35-41-19-22-10-7-8-13-26(22)27(20-38-3)30(37)39-4)29(36-40-6-2)21-14-16-24(17-15-21)42-25-12-9-11-23(18-25)31(32,33)34/h7-18,20H,5-6,19H2,1-4H3/b27-20+,35-28+,36-29+. The molecule has 0 aliphatic carbocycles. The lowest BCUT2D eigenvalue weighted by Crippen LogP contribution is -2.16. The molecule has 0 aliphatic rings. The molecule has 222 valence electrons. The number of carbonyl (C=O) groups excluding carboxylic acids is 1. The zero-order valence-electron chi connectivity index (χ0n) is 23.6. The third kappa shape index (κ3) is 8.60. The molecule has 0 saturated carbocycles. The largest absolute Gasteiger partial charge is 0.503 e. The molecule has 0 aromatic heterocycles. The summed E-state index contributed by atoms with van der Waals surface area (Å²) in [6.45, 7) is 4.01. The molecule has 11 heteroatoms. The normalized spacial score (nSPS) is 12.5. The van der Waals surface area contributed by atoms with Gasteiger partial charge in [-0.3, -0.25) is 0 Å². The van der Waals surface area contributed by atoms with Crippen LogP contribution < -0.4 is 4.74 Å². The minimum atomic E-state index is -4.47. The van der Waals surface area contributed by atoms with E-state index in [-0.39, 0.29) is 17.9 Å². The van der Waals surface area contributed by atoms with Gasteiger partial charge in [-0.15, -0.1) is 0 Å². The monoisotopic (exact) mass is 584 g/mol. The number of methoxy groups -OCH3 is 2. The van der Waals surface area contributed by atoms with Crippen molar-refractivity contribution in [2.75, 3.05) is 20.8 Å². The van der Waals surface area contributed by atoms with Gasteiger partial charge in [0, 0.05) is 11.1 Å². The first-order chi connectivity index (χ1) is 20.2. The first-order valence-corrected chi connectivity index (χ1v) is 13.0. The van der Waals surface area contributed by atoms with E-state index in [2.05, 4.69) is 10.3 Å². The quantitative estimate of drug-likeness (QED) is 0.0685. The minimum Gasteiger partial charge on any atom is -0.503 e. The summed E-state index contributed by atoms with van der Waals surface area (Å²) in [4.78, 5) is 23.3. The minimum absolute atomic E-state index is 0.0312. The molecule has 0 heterocycles. The lowest BCUT2D eigenvalue weighted by atomic mass is 10.0. The molecule has 42 heavy (non-hydrogen) atoms. The van der Waals surface area contributed by atoms with Gasteiger partial charge in [-0.1, -0.05) is 47.6 Å². The van der Waals surface area contributed by atoms with Crippen molar-refractivity contribution in [1.82, 2.24) is 0 Å². The molecule has 0 saturated heterocycles. The number of ether oxygens (including phenoxy) is 3. The summed E-state index contributed by atoms with van der Waals surface area (Å²) >= 11 is 0. The smallest absolute Gasteiger partial charge is 0.416 e. The van der Waals surface area contributed by atoms with Crippen molar-refractivity contribution in [2.24, 2.45) is 10.3 Å². The predicted octanol–water partition coefficient (Wildman–Crippen LogP) is 7.38. The topological polar surface area (TPSA) is 87.9 Å². The molecule has 0 atom stereocenters. The third-order valence-corrected chi connectivity index (χ3v) is 5.76. The number of alkyl halides is 3. The lowest BCUT2D eigenvalue weighted by molar-refractivity contribution is -0.137. The van der Waals surface area contributed by atoms with Crippen LogP contribution in [-0.4, -0.2) is 38.2 Å². The molecule has 0 spiro atoms. The number of nitrogens with zero attached hydrogens (tertiary/aromatic N) is 2. The van der Waals surface area contributed by atoms with Gasteiger partial charge in [0.25, 0.3) is 0 Å². The zero-order valence-corrected chi connectivity index (χ0v) is 23.6. The van der Waals surface area contributed by atoms with Crippen molar-refractivity contribution in [3.05, 3.63) is 101 Å². The number of halogens is 3. The van der Waals surface area contributed by atoms with Gasteiger partial charge >= 0.3 is 12.1 Å². The van der Waals surface area contributed by atoms with Crippen LogP contribution in [0, 0.1) is 0 Å². The Hall–Kier alpha value is -4.80. The number of carbonyl (C=O) groups is 1. The van der Waals surface area contributed by atoms with Crippen LogP contribution in [-0.2, 0) is 36.7 Å². The molecule has 8 nitrogen and oxygen atoms in total. The molecule has 0 unspecified atom stereocenters. The highest BCUT2D eigenvalue weighted by atomic mass is 19.4. The van der Waals surface area contributed by atoms with Gasteiger partial charge in [-0.05, 0) is 61.4 Å². The fourth-order valence-electron chi connectivity index (χ4n) is 3.77. The maximum Gasteiger partial charge on any atom is 0.416 e. The second-order valence-electron chi connectivity index (χ2n) is 8.59. The molecule has 3 aromatic rings. The molecular formula is C31H31F3N2O6. The van der Waals surface area contributed by atoms with E-state index in [1.165, 1.54) is 32.6 Å². The van der Waals surface area contributed by atoms with Crippen molar-refractivity contribution >= 4 is 23.0 Å². The zero-order chi connectivity index (χ0) is 30.5. The highest BCUT2D eigenvalue weighted by molar-refractivity contribution is 6.48. The number of hydrogen-bond acceptors (Lipinski definition) is 8. The Morgan fingerprint density at radius 1 is 0.881 bits per heavy atom. The third-order valence-electron chi connectivity index (χ3n) is 5.76. The maximum atomic E-state index is 13.0. The van der Waals surface area contributed by atoms with Crippen molar-refractivity contribution < 1.29 is 41.9 Å². The van der Waals surface area contributed by atoms with Gasteiger partial charge < -0.3 is 23.9 Å². The van der Waals surface area contributed by atoms with Gasteiger partial charge in [0.2, 0.25) is 0 Å². The Morgan fingerprint density at radius 3 is 2.26 bits per heavy atom. The summed E-state index contributed by atoms with van der Waals surface area (Å²) < 4.78 is 54.7. The van der Waals surface area contributed by atoms with Crippen LogP contribution in [0.3, 0.4) is 0 Å². The molecule has 0 radical (unpaired) electrons. The fraction of sp³-hybridized carbons (Fsp3) is 0.258. The summed E-state index contributed by atoms with van der Waals surface area (Å²) in [6, 6.07) is 18.4. The maximum absolute atomic E-state index is 13.0. The van der Waals surface area contributed by atoms with Crippen molar-refractivity contribution in [2.45, 2.75) is 33.1 Å². The summed E-state index contributed by atoms with van der Waals surface area (Å²) in [5.41, 5.74) is 2.18. The molecular weight excluding hydrogens is 553 g/mol. The van der Waals surface area contributed by atoms with Crippen LogP contribution in [0.5, 0.6) is 11.5 Å². The Bertz CT molecular complexity index is 1430. The van der Waals surface area contributed by atoms with E-state index in [0.717, 1.165) is 12.1 Å². The van der Waals surface area contributed by atoms with Gasteiger partial charge in [-0.2, -0.15) is 13.2 Å². The number of benzene rings is 3. The Kier molecular flexibility index (Phi) is 11.5. The highest BCUT2D eigenvalue weighted by Crippen LogP contribution is 2.33. The summed E-state index contributed by atoms with van der Waals surface area (Å²) in [7, 11) is 2.72.